The fourth-order valence-electron chi connectivity index (χ4n) is 1.49. The van der Waals surface area contributed by atoms with Gasteiger partial charge in [-0.2, -0.15) is 0 Å². The molecule has 0 fully saturated rings. The van der Waals surface area contributed by atoms with Crippen molar-refractivity contribution in [3.63, 3.8) is 0 Å². The smallest absolute Gasteiger partial charge is 0.175 e. The topological polar surface area (TPSA) is 35.5 Å². The van der Waals surface area contributed by atoms with Crippen LogP contribution < -0.4 is 9.47 Å². The van der Waals surface area contributed by atoms with Gasteiger partial charge in [0.2, 0.25) is 0 Å². The molecule has 0 radical (unpaired) electrons. The molecule has 0 aliphatic carbocycles. The third-order valence-corrected chi connectivity index (χ3v) is 2.98. The first-order chi connectivity index (χ1) is 7.52. The van der Waals surface area contributed by atoms with Crippen LogP contribution in [0.1, 0.15) is 24.2 Å². The van der Waals surface area contributed by atoms with Crippen molar-refractivity contribution in [2.24, 2.45) is 5.41 Å². The summed E-state index contributed by atoms with van der Waals surface area (Å²) in [5.74, 6) is 1.30. The average Bonchev–Trinajstić information content (AvgIpc) is 2.38. The van der Waals surface area contributed by atoms with E-state index >= 15 is 0 Å². The number of ether oxygens (including phenoxy) is 2. The molecule has 0 saturated carbocycles. The maximum absolute atomic E-state index is 10.7. The van der Waals surface area contributed by atoms with Crippen molar-refractivity contribution in [2.45, 2.75) is 13.8 Å². The van der Waals surface area contributed by atoms with Gasteiger partial charge in [0.1, 0.15) is 6.29 Å². The van der Waals surface area contributed by atoms with Gasteiger partial charge in [-0.3, -0.25) is 4.79 Å². The van der Waals surface area contributed by atoms with E-state index in [4.69, 9.17) is 9.47 Å². The summed E-state index contributed by atoms with van der Waals surface area (Å²) in [5.41, 5.74) is 0.550. The van der Waals surface area contributed by atoms with Crippen LogP contribution in [0.25, 0.3) is 0 Å². The van der Waals surface area contributed by atoms with Gasteiger partial charge in [0.05, 0.1) is 17.7 Å². The quantitative estimate of drug-likeness (QED) is 0.744. The molecular weight excluding hydrogens is 272 g/mol. The Morgan fingerprint density at radius 1 is 1.31 bits per heavy atom. The van der Waals surface area contributed by atoms with Crippen LogP contribution in [0.4, 0.5) is 0 Å². The van der Waals surface area contributed by atoms with Crippen LogP contribution in [-0.4, -0.2) is 19.5 Å². The van der Waals surface area contributed by atoms with Gasteiger partial charge in [-0.25, -0.2) is 0 Å². The molecule has 16 heavy (non-hydrogen) atoms. The molecule has 1 aliphatic rings. The average molecular weight is 285 g/mol. The molecule has 0 saturated heterocycles. The molecule has 2 rings (SSSR count). The van der Waals surface area contributed by atoms with Gasteiger partial charge in [0.15, 0.2) is 11.5 Å². The number of benzene rings is 1. The number of carbonyl (C=O) groups is 1. The summed E-state index contributed by atoms with van der Waals surface area (Å²) in [7, 11) is 0. The summed E-state index contributed by atoms with van der Waals surface area (Å²) >= 11 is 3.38. The van der Waals surface area contributed by atoms with Gasteiger partial charge >= 0.3 is 0 Å². The number of fused-ring (bicyclic) bond motifs is 1. The number of rotatable bonds is 1. The number of carbonyl (C=O) groups excluding carboxylic acids is 1. The summed E-state index contributed by atoms with van der Waals surface area (Å²) < 4.78 is 12.1. The molecule has 0 atom stereocenters. The molecule has 1 aromatic rings. The highest BCUT2D eigenvalue weighted by atomic mass is 79.9. The van der Waals surface area contributed by atoms with E-state index in [2.05, 4.69) is 29.8 Å². The molecule has 0 amide bonds. The Kier molecular flexibility index (Phi) is 2.93. The van der Waals surface area contributed by atoms with Crippen molar-refractivity contribution >= 4 is 22.2 Å². The van der Waals surface area contributed by atoms with Crippen LogP contribution in [0.2, 0.25) is 0 Å². The summed E-state index contributed by atoms with van der Waals surface area (Å²) in [6.45, 7) is 5.33. The lowest BCUT2D eigenvalue weighted by atomic mass is 9.97. The van der Waals surface area contributed by atoms with Gasteiger partial charge < -0.3 is 9.47 Å². The second-order valence-corrected chi connectivity index (χ2v) is 5.54. The molecule has 0 bridgehead atoms. The highest BCUT2D eigenvalue weighted by Gasteiger charge is 2.26. The molecule has 1 aliphatic heterocycles. The maximum atomic E-state index is 10.7. The van der Waals surface area contributed by atoms with E-state index in [0.29, 0.717) is 30.3 Å². The van der Waals surface area contributed by atoms with Crippen LogP contribution in [0.15, 0.2) is 16.6 Å². The first-order valence-electron chi connectivity index (χ1n) is 5.06. The minimum absolute atomic E-state index is 0.0280. The monoisotopic (exact) mass is 284 g/mol. The highest BCUT2D eigenvalue weighted by Crippen LogP contribution is 2.40. The van der Waals surface area contributed by atoms with Crippen molar-refractivity contribution in [1.82, 2.24) is 0 Å². The Labute approximate surface area is 103 Å². The lowest BCUT2D eigenvalue weighted by molar-refractivity contribution is 0.112. The van der Waals surface area contributed by atoms with Crippen LogP contribution in [0.3, 0.4) is 0 Å². The Balaban J connectivity index is 2.41. The number of aldehydes is 1. The fourth-order valence-corrected chi connectivity index (χ4v) is 2.06. The van der Waals surface area contributed by atoms with Crippen LogP contribution >= 0.6 is 15.9 Å². The van der Waals surface area contributed by atoms with Crippen molar-refractivity contribution in [3.05, 3.63) is 22.2 Å². The second-order valence-electron chi connectivity index (χ2n) is 4.69. The van der Waals surface area contributed by atoms with E-state index in [1.807, 2.05) is 0 Å². The molecule has 4 heteroatoms. The third-order valence-electron chi connectivity index (χ3n) is 2.39. The molecule has 1 heterocycles. The van der Waals surface area contributed by atoms with Gasteiger partial charge in [-0.15, -0.1) is 0 Å². The van der Waals surface area contributed by atoms with Gasteiger partial charge in [-0.05, 0) is 28.1 Å². The first kappa shape index (κ1) is 11.5. The Hall–Kier alpha value is -1.03. The summed E-state index contributed by atoms with van der Waals surface area (Å²) in [6.07, 6.45) is 0.796. The molecule has 86 valence electrons. The van der Waals surface area contributed by atoms with Crippen molar-refractivity contribution in [2.75, 3.05) is 13.2 Å². The fraction of sp³-hybridized carbons (Fsp3) is 0.417. The van der Waals surface area contributed by atoms with E-state index in [9.17, 15) is 4.79 Å². The molecular formula is C12H13BrO3. The molecule has 0 aromatic heterocycles. The van der Waals surface area contributed by atoms with Gasteiger partial charge in [0.25, 0.3) is 0 Å². The molecule has 3 nitrogen and oxygen atoms in total. The third kappa shape index (κ3) is 2.21. The van der Waals surface area contributed by atoms with Gasteiger partial charge in [-0.1, -0.05) is 13.8 Å². The first-order valence-corrected chi connectivity index (χ1v) is 5.85. The number of hydrogen-bond donors (Lipinski definition) is 0. The Bertz CT molecular complexity index is 427. The molecule has 0 spiro atoms. The molecule has 0 N–H and O–H groups in total. The highest BCUT2D eigenvalue weighted by molar-refractivity contribution is 9.10. The zero-order valence-electron chi connectivity index (χ0n) is 9.25. The lowest BCUT2D eigenvalue weighted by Gasteiger charge is -2.19. The summed E-state index contributed by atoms with van der Waals surface area (Å²) in [4.78, 5) is 10.7. The van der Waals surface area contributed by atoms with Crippen molar-refractivity contribution in [3.8, 4) is 11.5 Å². The predicted octanol–water partition coefficient (Wildman–Crippen LogP) is 3.06. The Morgan fingerprint density at radius 3 is 2.69 bits per heavy atom. The summed E-state index contributed by atoms with van der Waals surface area (Å²) in [5, 5.41) is 0. The van der Waals surface area contributed by atoms with Crippen LogP contribution in [-0.2, 0) is 0 Å². The normalized spacial score (nSPS) is 17.7. The van der Waals surface area contributed by atoms with Crippen LogP contribution in [0, 0.1) is 5.41 Å². The van der Waals surface area contributed by atoms with E-state index in [-0.39, 0.29) is 5.41 Å². The van der Waals surface area contributed by atoms with Gasteiger partial charge in [0, 0.05) is 11.0 Å². The van der Waals surface area contributed by atoms with E-state index < -0.39 is 0 Å². The van der Waals surface area contributed by atoms with Crippen molar-refractivity contribution < 1.29 is 14.3 Å². The predicted molar refractivity (Wildman–Crippen MR) is 64.3 cm³/mol. The standard InChI is InChI=1S/C12H13BrO3/c1-12(2)6-15-10-4-8(5-14)3-9(13)11(10)16-7-12/h3-5H,6-7H2,1-2H3. The largest absolute Gasteiger partial charge is 0.489 e. The van der Waals surface area contributed by atoms with E-state index in [1.165, 1.54) is 0 Å². The van der Waals surface area contributed by atoms with E-state index in [1.54, 1.807) is 12.1 Å². The number of hydrogen-bond acceptors (Lipinski definition) is 3. The summed E-state index contributed by atoms with van der Waals surface area (Å²) in [6, 6.07) is 3.43. The van der Waals surface area contributed by atoms with E-state index in [0.717, 1.165) is 10.8 Å². The minimum Gasteiger partial charge on any atom is -0.489 e. The maximum Gasteiger partial charge on any atom is 0.175 e. The SMILES string of the molecule is CC1(C)COc2cc(C=O)cc(Br)c2OC1. The zero-order chi connectivity index (χ0) is 11.8. The van der Waals surface area contributed by atoms with Crippen LogP contribution in [0.5, 0.6) is 11.5 Å². The molecule has 0 unspecified atom stereocenters. The Morgan fingerprint density at radius 2 is 2.00 bits per heavy atom. The zero-order valence-corrected chi connectivity index (χ0v) is 10.8. The lowest BCUT2D eigenvalue weighted by Crippen LogP contribution is -2.26. The number of halogens is 1. The minimum atomic E-state index is -0.0280. The second kappa shape index (κ2) is 4.09. The van der Waals surface area contributed by atoms with Crippen molar-refractivity contribution in [1.29, 1.82) is 0 Å². The molecule has 1 aromatic carbocycles.